The molecule has 3 heterocycles. The summed E-state index contributed by atoms with van der Waals surface area (Å²) in [6.45, 7) is 0.359. The minimum absolute atomic E-state index is 0.0753. The maximum atomic E-state index is 12.3. The third-order valence-corrected chi connectivity index (χ3v) is 4.32. The summed E-state index contributed by atoms with van der Waals surface area (Å²) in [4.78, 5) is 28.3. The van der Waals surface area contributed by atoms with E-state index < -0.39 is 30.2 Å². The number of carbonyl (C=O) groups is 1. The number of hydrogen-bond acceptors (Lipinski definition) is 7. The van der Waals surface area contributed by atoms with Gasteiger partial charge in [-0.25, -0.2) is 4.79 Å². The lowest BCUT2D eigenvalue weighted by Crippen LogP contribution is -2.41. The Balaban J connectivity index is 1.51. The number of amides is 1. The van der Waals surface area contributed by atoms with Gasteiger partial charge in [0, 0.05) is 11.8 Å². The average molecular weight is 359 g/mol. The zero-order valence-electron chi connectivity index (χ0n) is 13.6. The highest BCUT2D eigenvalue weighted by atomic mass is 16.7. The van der Waals surface area contributed by atoms with Crippen LogP contribution in [0.25, 0.3) is 0 Å². The van der Waals surface area contributed by atoms with Gasteiger partial charge in [-0.15, -0.1) is 0 Å². The van der Waals surface area contributed by atoms with Crippen molar-refractivity contribution in [3.05, 3.63) is 58.6 Å². The second-order valence-electron chi connectivity index (χ2n) is 6.00. The molecule has 9 nitrogen and oxygen atoms in total. The topological polar surface area (TPSA) is 112 Å². The van der Waals surface area contributed by atoms with E-state index in [4.69, 9.17) is 14.2 Å². The van der Waals surface area contributed by atoms with Crippen molar-refractivity contribution in [1.29, 1.82) is 0 Å². The number of aliphatic hydroxyl groups is 1. The van der Waals surface area contributed by atoms with Crippen molar-refractivity contribution in [3.63, 3.8) is 0 Å². The van der Waals surface area contributed by atoms with Crippen molar-refractivity contribution in [2.24, 2.45) is 0 Å². The first kappa shape index (κ1) is 16.9. The summed E-state index contributed by atoms with van der Waals surface area (Å²) in [5.74, 6) is -0.256. The highest BCUT2D eigenvalue weighted by molar-refractivity contribution is 6.03. The Kier molecular flexibility index (Phi) is 4.51. The Morgan fingerprint density at radius 3 is 2.81 bits per heavy atom. The lowest BCUT2D eigenvalue weighted by molar-refractivity contribution is -0.189. The summed E-state index contributed by atoms with van der Waals surface area (Å²) in [5.41, 5.74) is -0.200. The van der Waals surface area contributed by atoms with Gasteiger partial charge in [0.15, 0.2) is 6.23 Å². The largest absolute Gasteiger partial charge is 0.386 e. The van der Waals surface area contributed by atoms with E-state index in [-0.39, 0.29) is 25.1 Å². The molecule has 2 fully saturated rings. The predicted octanol–water partition coefficient (Wildman–Crippen LogP) is 0.127. The van der Waals surface area contributed by atoms with Crippen LogP contribution in [-0.4, -0.2) is 52.3 Å². The number of anilines is 1. The van der Waals surface area contributed by atoms with Gasteiger partial charge in [-0.2, -0.15) is 4.98 Å². The highest BCUT2D eigenvalue weighted by Crippen LogP contribution is 2.32. The number of rotatable bonds is 3. The molecule has 0 aliphatic carbocycles. The van der Waals surface area contributed by atoms with E-state index in [0.717, 1.165) is 0 Å². The molecule has 1 amide bonds. The number of carbonyl (C=O) groups excluding carboxylic acids is 1. The molecule has 0 bridgehead atoms. The monoisotopic (exact) mass is 359 g/mol. The molecule has 0 radical (unpaired) electrons. The summed E-state index contributed by atoms with van der Waals surface area (Å²) < 4.78 is 17.3. The van der Waals surface area contributed by atoms with Gasteiger partial charge in [-0.05, 0) is 18.2 Å². The number of benzene rings is 1. The lowest BCUT2D eigenvalue weighted by Gasteiger charge is -2.25. The van der Waals surface area contributed by atoms with E-state index in [1.54, 1.807) is 30.3 Å². The van der Waals surface area contributed by atoms with Crippen LogP contribution in [0.1, 0.15) is 16.6 Å². The highest BCUT2D eigenvalue weighted by Gasteiger charge is 2.47. The number of hydrogen-bond donors (Lipinski definition) is 2. The second-order valence-corrected chi connectivity index (χ2v) is 6.00. The van der Waals surface area contributed by atoms with Crippen LogP contribution in [0.3, 0.4) is 0 Å². The molecule has 4 atom stereocenters. The third kappa shape index (κ3) is 3.13. The van der Waals surface area contributed by atoms with Crippen molar-refractivity contribution >= 4 is 11.7 Å². The van der Waals surface area contributed by atoms with Gasteiger partial charge in [-0.3, -0.25) is 9.36 Å². The van der Waals surface area contributed by atoms with Gasteiger partial charge in [-0.1, -0.05) is 18.2 Å². The third-order valence-electron chi connectivity index (χ3n) is 4.32. The van der Waals surface area contributed by atoms with Crippen LogP contribution in [0, 0.1) is 0 Å². The summed E-state index contributed by atoms with van der Waals surface area (Å²) in [6.07, 6.45) is -1.54. The van der Waals surface area contributed by atoms with Crippen LogP contribution in [0.15, 0.2) is 47.4 Å². The van der Waals surface area contributed by atoms with Crippen molar-refractivity contribution in [2.45, 2.75) is 24.5 Å². The van der Waals surface area contributed by atoms with Crippen LogP contribution in [0.2, 0.25) is 0 Å². The van der Waals surface area contributed by atoms with Crippen molar-refractivity contribution in [3.8, 4) is 0 Å². The van der Waals surface area contributed by atoms with Crippen molar-refractivity contribution < 1.29 is 24.1 Å². The van der Waals surface area contributed by atoms with Crippen molar-refractivity contribution in [1.82, 2.24) is 9.55 Å². The molecular weight excluding hydrogens is 342 g/mol. The van der Waals surface area contributed by atoms with Gasteiger partial charge in [0.1, 0.15) is 30.9 Å². The molecule has 9 heteroatoms. The predicted molar refractivity (Wildman–Crippen MR) is 88.5 cm³/mol. The molecule has 1 aromatic heterocycles. The van der Waals surface area contributed by atoms with Gasteiger partial charge in [0.25, 0.3) is 5.91 Å². The molecule has 2 aliphatic heterocycles. The van der Waals surface area contributed by atoms with E-state index >= 15 is 0 Å². The van der Waals surface area contributed by atoms with Crippen LogP contribution in [0.5, 0.6) is 0 Å². The first-order chi connectivity index (χ1) is 12.6. The van der Waals surface area contributed by atoms with Crippen LogP contribution >= 0.6 is 0 Å². The minimum atomic E-state index is -1.02. The molecule has 1 aromatic carbocycles. The molecule has 2 N–H and O–H groups in total. The Hall–Kier alpha value is -2.59. The van der Waals surface area contributed by atoms with Gasteiger partial charge in [0.05, 0.1) is 6.61 Å². The molecular formula is C17H17N3O6. The summed E-state index contributed by atoms with van der Waals surface area (Å²) in [6, 6.07) is 10.1. The minimum Gasteiger partial charge on any atom is -0.386 e. The lowest BCUT2D eigenvalue weighted by atomic mass is 10.1. The average Bonchev–Trinajstić information content (AvgIpc) is 2.99. The fraction of sp³-hybridized carbons (Fsp3) is 0.353. The Morgan fingerprint density at radius 2 is 2.08 bits per heavy atom. The van der Waals surface area contributed by atoms with Crippen LogP contribution in [0.4, 0.5) is 5.82 Å². The number of nitrogens with one attached hydrogen (secondary N) is 1. The number of nitrogens with zero attached hydrogens (tertiary/aromatic N) is 2. The first-order valence-corrected chi connectivity index (χ1v) is 8.12. The van der Waals surface area contributed by atoms with Crippen LogP contribution in [-0.2, 0) is 14.2 Å². The number of aromatic nitrogens is 2. The smallest absolute Gasteiger partial charge is 0.351 e. The van der Waals surface area contributed by atoms with Gasteiger partial charge >= 0.3 is 5.69 Å². The summed E-state index contributed by atoms with van der Waals surface area (Å²) in [7, 11) is 0. The molecule has 26 heavy (non-hydrogen) atoms. The Labute approximate surface area is 148 Å². The molecule has 2 aromatic rings. The van der Waals surface area contributed by atoms with E-state index in [2.05, 4.69) is 10.3 Å². The van der Waals surface area contributed by atoms with E-state index in [9.17, 15) is 14.7 Å². The van der Waals surface area contributed by atoms with E-state index in [1.807, 2.05) is 0 Å². The van der Waals surface area contributed by atoms with E-state index in [1.165, 1.54) is 16.8 Å². The number of fused-ring (bicyclic) bond motifs is 1. The quantitative estimate of drug-likeness (QED) is 0.801. The molecule has 2 saturated heterocycles. The fourth-order valence-corrected chi connectivity index (χ4v) is 3.03. The number of aliphatic hydroxyl groups excluding tert-OH is 1. The maximum Gasteiger partial charge on any atom is 0.351 e. The number of ether oxygens (including phenoxy) is 3. The van der Waals surface area contributed by atoms with Gasteiger partial charge < -0.3 is 24.6 Å². The standard InChI is InChI=1S/C17H17N3O6/c21-13-14-11(8-24-9-25-14)26-16(13)20-7-6-12(19-17(20)23)18-15(22)10-4-2-1-3-5-10/h1-7,11,13-14,16,21H,8-9H2,(H,18,19,22,23)/t11-,13?,14+,16-/m1/s1. The van der Waals surface area contributed by atoms with Crippen LogP contribution < -0.4 is 11.0 Å². The zero-order valence-corrected chi connectivity index (χ0v) is 13.6. The molecule has 0 saturated carbocycles. The fourth-order valence-electron chi connectivity index (χ4n) is 3.03. The molecule has 136 valence electrons. The molecule has 4 rings (SSSR count). The SMILES string of the molecule is O=C(Nc1ccn([C@@H]2O[C@@H]3COCO[C@@H]3C2O)c(=O)n1)c1ccccc1. The summed E-state index contributed by atoms with van der Waals surface area (Å²) in [5, 5.41) is 12.9. The normalized spacial score (nSPS) is 27.7. The Morgan fingerprint density at radius 1 is 1.27 bits per heavy atom. The first-order valence-electron chi connectivity index (χ1n) is 8.12. The molecule has 1 unspecified atom stereocenters. The maximum absolute atomic E-state index is 12.3. The summed E-state index contributed by atoms with van der Waals surface area (Å²) >= 11 is 0. The molecule has 0 spiro atoms. The second kappa shape index (κ2) is 6.96. The van der Waals surface area contributed by atoms with Gasteiger partial charge in [0.2, 0.25) is 0 Å². The van der Waals surface area contributed by atoms with E-state index in [0.29, 0.717) is 5.56 Å². The Bertz CT molecular complexity index is 855. The molecule has 2 aliphatic rings. The van der Waals surface area contributed by atoms with Crippen molar-refractivity contribution in [2.75, 3.05) is 18.7 Å². The zero-order chi connectivity index (χ0) is 18.1.